The van der Waals surface area contributed by atoms with E-state index in [4.69, 9.17) is 14.6 Å². The molecule has 1 heterocycles. The van der Waals surface area contributed by atoms with Gasteiger partial charge in [0.15, 0.2) is 0 Å². The molecule has 1 fully saturated rings. The lowest BCUT2D eigenvalue weighted by Gasteiger charge is -2.14. The summed E-state index contributed by atoms with van der Waals surface area (Å²) in [6.45, 7) is 7.69. The number of esters is 1. The molecular formula is C19H26O7. The molecule has 0 amide bonds. The Balaban J connectivity index is 3.00. The molecule has 0 aliphatic carbocycles. The van der Waals surface area contributed by atoms with E-state index >= 15 is 0 Å². The molecule has 2 unspecified atom stereocenters. The van der Waals surface area contributed by atoms with Crippen LogP contribution < -0.4 is 0 Å². The molecule has 144 valence electrons. The number of allylic oxidation sites excluding steroid dienone is 2. The van der Waals surface area contributed by atoms with E-state index in [9.17, 15) is 19.5 Å². The Morgan fingerprint density at radius 1 is 1.23 bits per heavy atom. The van der Waals surface area contributed by atoms with Crippen LogP contribution >= 0.6 is 0 Å². The van der Waals surface area contributed by atoms with Gasteiger partial charge in [-0.1, -0.05) is 38.5 Å². The summed E-state index contributed by atoms with van der Waals surface area (Å²) in [6, 6.07) is 0. The highest BCUT2D eigenvalue weighted by molar-refractivity contribution is 5.92. The van der Waals surface area contributed by atoms with Crippen molar-refractivity contribution in [3.05, 3.63) is 35.5 Å². The summed E-state index contributed by atoms with van der Waals surface area (Å²) < 4.78 is 10.0. The largest absolute Gasteiger partial charge is 0.478 e. The smallest absolute Gasteiger partial charge is 0.334 e. The van der Waals surface area contributed by atoms with Gasteiger partial charge in [0.2, 0.25) is 0 Å². The van der Waals surface area contributed by atoms with Crippen molar-refractivity contribution in [3.63, 3.8) is 0 Å². The van der Waals surface area contributed by atoms with Gasteiger partial charge >= 0.3 is 17.9 Å². The first-order valence-electron chi connectivity index (χ1n) is 8.59. The van der Waals surface area contributed by atoms with Crippen LogP contribution in [0.4, 0.5) is 0 Å². The Morgan fingerprint density at radius 2 is 1.88 bits per heavy atom. The third-order valence-electron chi connectivity index (χ3n) is 3.94. The van der Waals surface area contributed by atoms with Gasteiger partial charge in [-0.2, -0.15) is 0 Å². The molecule has 1 saturated heterocycles. The predicted molar refractivity (Wildman–Crippen MR) is 94.6 cm³/mol. The SMILES string of the molecule is C=C(C(=O)OCC1CO1)C(C=C(C)C(=O)O)C=C(CCCCC)C(=O)O. The van der Waals surface area contributed by atoms with Crippen LogP contribution in [-0.4, -0.2) is 47.4 Å². The van der Waals surface area contributed by atoms with Gasteiger partial charge in [0.25, 0.3) is 0 Å². The molecule has 0 saturated carbocycles. The molecule has 1 aliphatic heterocycles. The summed E-state index contributed by atoms with van der Waals surface area (Å²) in [5.41, 5.74) is 0.0990. The summed E-state index contributed by atoms with van der Waals surface area (Å²) in [4.78, 5) is 34.8. The highest BCUT2D eigenvalue weighted by Gasteiger charge is 2.26. The number of carboxylic acids is 2. The minimum Gasteiger partial charge on any atom is -0.478 e. The molecule has 7 nitrogen and oxygen atoms in total. The molecule has 2 atom stereocenters. The van der Waals surface area contributed by atoms with Crippen molar-refractivity contribution < 1.29 is 34.1 Å². The Morgan fingerprint density at radius 3 is 2.38 bits per heavy atom. The van der Waals surface area contributed by atoms with Gasteiger partial charge in [-0.15, -0.1) is 0 Å². The van der Waals surface area contributed by atoms with E-state index in [1.807, 2.05) is 6.92 Å². The normalized spacial score (nSPS) is 18.2. The number of hydrogen-bond acceptors (Lipinski definition) is 5. The fourth-order valence-corrected chi connectivity index (χ4v) is 2.20. The summed E-state index contributed by atoms with van der Waals surface area (Å²) >= 11 is 0. The molecule has 1 rings (SSSR count). The average Bonchev–Trinajstić information content (AvgIpc) is 3.41. The van der Waals surface area contributed by atoms with Crippen LogP contribution in [0.1, 0.15) is 39.5 Å². The molecule has 2 N–H and O–H groups in total. The summed E-state index contributed by atoms with van der Waals surface area (Å²) in [5.74, 6) is -3.82. The van der Waals surface area contributed by atoms with Crippen LogP contribution in [0.25, 0.3) is 0 Å². The first-order chi connectivity index (χ1) is 12.3. The van der Waals surface area contributed by atoms with Crippen molar-refractivity contribution in [2.75, 3.05) is 13.2 Å². The number of ether oxygens (including phenoxy) is 2. The fourth-order valence-electron chi connectivity index (χ4n) is 2.20. The van der Waals surface area contributed by atoms with E-state index in [1.165, 1.54) is 19.1 Å². The van der Waals surface area contributed by atoms with E-state index in [-0.39, 0.29) is 29.4 Å². The number of carbonyl (C=O) groups is 3. The van der Waals surface area contributed by atoms with Gasteiger partial charge < -0.3 is 19.7 Å². The molecule has 7 heteroatoms. The van der Waals surface area contributed by atoms with Crippen LogP contribution in [0.15, 0.2) is 35.5 Å². The minimum absolute atomic E-state index is 0.0102. The lowest BCUT2D eigenvalue weighted by molar-refractivity contribution is -0.140. The predicted octanol–water partition coefficient (Wildman–Crippen LogP) is 2.72. The van der Waals surface area contributed by atoms with E-state index in [0.29, 0.717) is 19.4 Å². The lowest BCUT2D eigenvalue weighted by atomic mass is 9.93. The zero-order valence-corrected chi connectivity index (χ0v) is 15.2. The molecule has 1 aliphatic rings. The number of carbonyl (C=O) groups excluding carboxylic acids is 1. The van der Waals surface area contributed by atoms with Gasteiger partial charge in [0, 0.05) is 22.6 Å². The van der Waals surface area contributed by atoms with Crippen LogP contribution in [0.5, 0.6) is 0 Å². The van der Waals surface area contributed by atoms with Gasteiger partial charge in [-0.3, -0.25) is 0 Å². The molecule has 0 aromatic carbocycles. The Hall–Kier alpha value is -2.41. The molecule has 0 spiro atoms. The second kappa shape index (κ2) is 10.6. The van der Waals surface area contributed by atoms with E-state index in [2.05, 4.69) is 6.58 Å². The topological polar surface area (TPSA) is 113 Å². The third kappa shape index (κ3) is 7.65. The van der Waals surface area contributed by atoms with Gasteiger partial charge in [0.1, 0.15) is 12.7 Å². The minimum atomic E-state index is -1.15. The quantitative estimate of drug-likeness (QED) is 0.236. The Labute approximate surface area is 153 Å². The number of carboxylic acid groups (broad SMARTS) is 2. The van der Waals surface area contributed by atoms with Gasteiger partial charge in [-0.05, 0) is 19.8 Å². The number of epoxide rings is 1. The molecule has 0 radical (unpaired) electrons. The highest BCUT2D eigenvalue weighted by atomic mass is 16.6. The van der Waals surface area contributed by atoms with Crippen molar-refractivity contribution >= 4 is 17.9 Å². The van der Waals surface area contributed by atoms with Crippen molar-refractivity contribution in [3.8, 4) is 0 Å². The first-order valence-corrected chi connectivity index (χ1v) is 8.59. The third-order valence-corrected chi connectivity index (χ3v) is 3.94. The van der Waals surface area contributed by atoms with E-state index in [1.54, 1.807) is 0 Å². The van der Waals surface area contributed by atoms with Crippen LogP contribution in [0.2, 0.25) is 0 Å². The lowest BCUT2D eigenvalue weighted by Crippen LogP contribution is -2.17. The molecule has 0 aromatic rings. The number of rotatable bonds is 12. The van der Waals surface area contributed by atoms with E-state index < -0.39 is 23.8 Å². The van der Waals surface area contributed by atoms with Crippen molar-refractivity contribution in [1.29, 1.82) is 0 Å². The maximum absolute atomic E-state index is 12.1. The number of unbranched alkanes of at least 4 members (excludes halogenated alkanes) is 2. The molecule has 0 aromatic heterocycles. The monoisotopic (exact) mass is 366 g/mol. The second-order valence-electron chi connectivity index (χ2n) is 6.21. The number of aliphatic carboxylic acids is 2. The zero-order chi connectivity index (χ0) is 19.7. The summed E-state index contributed by atoms with van der Waals surface area (Å²) in [6.07, 6.45) is 5.42. The van der Waals surface area contributed by atoms with Crippen molar-refractivity contribution in [2.24, 2.45) is 5.92 Å². The maximum atomic E-state index is 12.1. The first kappa shape index (κ1) is 21.6. The fraction of sp³-hybridized carbons (Fsp3) is 0.526. The van der Waals surface area contributed by atoms with E-state index in [0.717, 1.165) is 12.8 Å². The van der Waals surface area contributed by atoms with Gasteiger partial charge in [-0.25, -0.2) is 14.4 Å². The Bertz CT molecular complexity index is 611. The zero-order valence-electron chi connectivity index (χ0n) is 15.2. The standard InChI is InChI=1S/C19H26O7/c1-4-5-6-7-14(18(22)23)9-15(8-12(2)17(20)21)13(3)19(24)26-11-16-10-25-16/h8-9,15-16H,3-7,10-11H2,1-2H3,(H,20,21)(H,22,23). The molecular weight excluding hydrogens is 340 g/mol. The number of hydrogen-bond donors (Lipinski definition) is 2. The molecule has 26 heavy (non-hydrogen) atoms. The highest BCUT2D eigenvalue weighted by Crippen LogP contribution is 2.22. The molecule has 0 bridgehead atoms. The second-order valence-corrected chi connectivity index (χ2v) is 6.21. The summed E-state index contributed by atoms with van der Waals surface area (Å²) in [7, 11) is 0. The average molecular weight is 366 g/mol. The maximum Gasteiger partial charge on any atom is 0.334 e. The summed E-state index contributed by atoms with van der Waals surface area (Å²) in [5, 5.41) is 18.5. The van der Waals surface area contributed by atoms with Gasteiger partial charge in [0.05, 0.1) is 6.61 Å². The van der Waals surface area contributed by atoms with Crippen LogP contribution in [0.3, 0.4) is 0 Å². The van der Waals surface area contributed by atoms with Crippen molar-refractivity contribution in [2.45, 2.75) is 45.6 Å². The van der Waals surface area contributed by atoms with Crippen molar-refractivity contribution in [1.82, 2.24) is 0 Å². The van der Waals surface area contributed by atoms with Crippen LogP contribution in [-0.2, 0) is 23.9 Å². The van der Waals surface area contributed by atoms with Crippen LogP contribution in [0, 0.1) is 5.92 Å². The Kier molecular flexibility index (Phi) is 8.78.